The molecule has 0 radical (unpaired) electrons. The van der Waals surface area contributed by atoms with Crippen LogP contribution in [0.4, 0.5) is 21.9 Å². The lowest BCUT2D eigenvalue weighted by molar-refractivity contribution is -0.114. The Labute approximate surface area is 194 Å². The monoisotopic (exact) mass is 478 g/mol. The van der Waals surface area contributed by atoms with E-state index in [1.165, 1.54) is 23.5 Å². The van der Waals surface area contributed by atoms with Crippen LogP contribution in [-0.4, -0.2) is 64.7 Å². The maximum atomic E-state index is 12.5. The van der Waals surface area contributed by atoms with Gasteiger partial charge in [-0.1, -0.05) is 19.9 Å². The fourth-order valence-corrected chi connectivity index (χ4v) is 4.35. The summed E-state index contributed by atoms with van der Waals surface area (Å²) in [6.07, 6.45) is -0.603. The molecule has 2 aromatic rings. The normalized spacial score (nSPS) is 11.2. The summed E-state index contributed by atoms with van der Waals surface area (Å²) in [5.74, 6) is -0.313. The van der Waals surface area contributed by atoms with Gasteiger partial charge < -0.3 is 20.1 Å². The van der Waals surface area contributed by atoms with Crippen LogP contribution in [-0.2, 0) is 24.3 Å². The lowest BCUT2D eigenvalue weighted by atomic mass is 10.2. The molecule has 2 amide bonds. The van der Waals surface area contributed by atoms with E-state index in [1.54, 1.807) is 50.2 Å². The molecule has 0 atom stereocenters. The van der Waals surface area contributed by atoms with Gasteiger partial charge in [-0.3, -0.25) is 10.1 Å². The molecular weight excluding hydrogens is 448 g/mol. The van der Waals surface area contributed by atoms with Crippen LogP contribution in [0, 0.1) is 0 Å². The molecule has 0 heterocycles. The van der Waals surface area contributed by atoms with Gasteiger partial charge in [-0.2, -0.15) is 4.31 Å². The molecule has 0 unspecified atom stereocenters. The van der Waals surface area contributed by atoms with Crippen LogP contribution in [0.5, 0.6) is 0 Å². The van der Waals surface area contributed by atoms with Crippen LogP contribution in [0.3, 0.4) is 0 Å². The molecule has 11 heteroatoms. The van der Waals surface area contributed by atoms with E-state index < -0.39 is 16.1 Å². The molecule has 180 valence electrons. The number of hydrogen-bond acceptors (Lipinski definition) is 7. The van der Waals surface area contributed by atoms with Crippen LogP contribution in [0.15, 0.2) is 53.4 Å². The summed E-state index contributed by atoms with van der Waals surface area (Å²) in [4.78, 5) is 24.2. The number of nitrogens with zero attached hydrogens (tertiary/aromatic N) is 1. The molecule has 10 nitrogen and oxygen atoms in total. The van der Waals surface area contributed by atoms with Gasteiger partial charge in [0.15, 0.2) is 0 Å². The first-order valence-corrected chi connectivity index (χ1v) is 11.9. The molecule has 0 fully saturated rings. The summed E-state index contributed by atoms with van der Waals surface area (Å²) in [5, 5.41) is 8.27. The van der Waals surface area contributed by atoms with Gasteiger partial charge in [0.05, 0.1) is 18.0 Å². The topological polar surface area (TPSA) is 126 Å². The van der Waals surface area contributed by atoms with Crippen LogP contribution >= 0.6 is 0 Å². The van der Waals surface area contributed by atoms with Crippen molar-refractivity contribution < 1.29 is 27.5 Å². The molecule has 2 rings (SSSR count). The third kappa shape index (κ3) is 8.04. The predicted octanol–water partition coefficient (Wildman–Crippen LogP) is 2.96. The van der Waals surface area contributed by atoms with Crippen molar-refractivity contribution in [2.24, 2.45) is 0 Å². The van der Waals surface area contributed by atoms with Crippen LogP contribution < -0.4 is 16.0 Å². The minimum Gasteiger partial charge on any atom is -0.447 e. The third-order valence-electron chi connectivity index (χ3n) is 4.56. The first kappa shape index (κ1) is 26.1. The second-order valence-electron chi connectivity index (χ2n) is 6.85. The summed E-state index contributed by atoms with van der Waals surface area (Å²) >= 11 is 0. The molecule has 0 saturated heterocycles. The molecule has 0 aliphatic heterocycles. The van der Waals surface area contributed by atoms with Gasteiger partial charge in [0, 0.05) is 37.3 Å². The Hall–Kier alpha value is -3.15. The molecule has 0 aromatic heterocycles. The van der Waals surface area contributed by atoms with E-state index in [0.29, 0.717) is 36.8 Å². The maximum Gasteiger partial charge on any atom is 0.411 e. The number of benzene rings is 2. The lowest BCUT2D eigenvalue weighted by Crippen LogP contribution is -2.30. The molecule has 2 aromatic carbocycles. The molecular formula is C22H30N4O6S. The fourth-order valence-electron chi connectivity index (χ4n) is 2.89. The van der Waals surface area contributed by atoms with Crippen molar-refractivity contribution in [3.8, 4) is 0 Å². The summed E-state index contributed by atoms with van der Waals surface area (Å²) in [5.41, 5.74) is 1.61. The van der Waals surface area contributed by atoms with Crippen molar-refractivity contribution in [3.63, 3.8) is 0 Å². The van der Waals surface area contributed by atoms with Gasteiger partial charge in [0.25, 0.3) is 0 Å². The van der Waals surface area contributed by atoms with Crippen LogP contribution in [0.1, 0.15) is 13.8 Å². The molecule has 0 saturated carbocycles. The molecule has 0 bridgehead atoms. The van der Waals surface area contributed by atoms with Crippen molar-refractivity contribution in [1.29, 1.82) is 0 Å². The van der Waals surface area contributed by atoms with E-state index in [2.05, 4.69) is 16.0 Å². The Morgan fingerprint density at radius 1 is 0.909 bits per heavy atom. The minimum absolute atomic E-state index is 0.0266. The van der Waals surface area contributed by atoms with Gasteiger partial charge in [0.2, 0.25) is 15.9 Å². The number of nitrogens with one attached hydrogen (secondary N) is 3. The zero-order valence-electron chi connectivity index (χ0n) is 19.0. The first-order chi connectivity index (χ1) is 15.8. The summed E-state index contributed by atoms with van der Waals surface area (Å²) in [6, 6.07) is 12.9. The Bertz CT molecular complexity index is 1020. The highest BCUT2D eigenvalue weighted by Crippen LogP contribution is 2.19. The molecule has 0 aliphatic rings. The molecule has 0 aliphatic carbocycles. The van der Waals surface area contributed by atoms with E-state index >= 15 is 0 Å². The van der Waals surface area contributed by atoms with Gasteiger partial charge in [-0.15, -0.1) is 0 Å². The zero-order valence-corrected chi connectivity index (χ0v) is 19.8. The Morgan fingerprint density at radius 2 is 1.58 bits per heavy atom. The number of sulfonamides is 1. The number of rotatable bonds is 12. The largest absolute Gasteiger partial charge is 0.447 e. The minimum atomic E-state index is -3.55. The van der Waals surface area contributed by atoms with E-state index in [-0.39, 0.29) is 24.0 Å². The van der Waals surface area contributed by atoms with Crippen molar-refractivity contribution >= 4 is 39.1 Å². The van der Waals surface area contributed by atoms with E-state index in [0.717, 1.165) is 0 Å². The standard InChI is InChI=1S/C22H30N4O6S/c1-4-26(5-2)33(29,30)20-11-9-17(10-12-20)24-21(27)16-23-18-7-6-8-19(15-18)25-22(28)32-14-13-31-3/h6-12,15,23H,4-5,13-14,16H2,1-3H3,(H,24,27)(H,25,28). The summed E-state index contributed by atoms with van der Waals surface area (Å²) < 4.78 is 36.2. The third-order valence-corrected chi connectivity index (χ3v) is 6.63. The first-order valence-electron chi connectivity index (χ1n) is 10.5. The molecule has 3 N–H and O–H groups in total. The number of anilines is 3. The molecule has 0 spiro atoms. The summed E-state index contributed by atoms with van der Waals surface area (Å²) in [7, 11) is -2.04. The second-order valence-corrected chi connectivity index (χ2v) is 8.79. The van der Waals surface area contributed by atoms with Crippen molar-refractivity contribution in [2.45, 2.75) is 18.7 Å². The fraction of sp³-hybridized carbons (Fsp3) is 0.364. The maximum absolute atomic E-state index is 12.5. The molecule has 33 heavy (non-hydrogen) atoms. The number of carbonyl (C=O) groups is 2. The van der Waals surface area contributed by atoms with Crippen LogP contribution in [0.2, 0.25) is 0 Å². The number of methoxy groups -OCH3 is 1. The quantitative estimate of drug-likeness (QED) is 0.400. The van der Waals surface area contributed by atoms with E-state index in [4.69, 9.17) is 9.47 Å². The van der Waals surface area contributed by atoms with Gasteiger partial charge in [-0.05, 0) is 42.5 Å². The Morgan fingerprint density at radius 3 is 2.21 bits per heavy atom. The number of hydrogen-bond donors (Lipinski definition) is 3. The van der Waals surface area contributed by atoms with Gasteiger partial charge >= 0.3 is 6.09 Å². The predicted molar refractivity (Wildman–Crippen MR) is 127 cm³/mol. The number of ether oxygens (including phenoxy) is 2. The number of amides is 2. The average molecular weight is 479 g/mol. The van der Waals surface area contributed by atoms with Crippen molar-refractivity contribution in [1.82, 2.24) is 4.31 Å². The second kappa shape index (κ2) is 12.8. The average Bonchev–Trinajstić information content (AvgIpc) is 2.79. The lowest BCUT2D eigenvalue weighted by Gasteiger charge is -2.18. The van der Waals surface area contributed by atoms with Gasteiger partial charge in [0.1, 0.15) is 6.61 Å². The van der Waals surface area contributed by atoms with Crippen LogP contribution in [0.25, 0.3) is 0 Å². The van der Waals surface area contributed by atoms with Crippen molar-refractivity contribution in [3.05, 3.63) is 48.5 Å². The summed E-state index contributed by atoms with van der Waals surface area (Å²) in [6.45, 7) is 4.75. The SMILES string of the molecule is CCN(CC)S(=O)(=O)c1ccc(NC(=O)CNc2cccc(NC(=O)OCCOC)c2)cc1. The zero-order chi connectivity index (χ0) is 24.3. The van der Waals surface area contributed by atoms with E-state index in [1.807, 2.05) is 0 Å². The highest BCUT2D eigenvalue weighted by Gasteiger charge is 2.21. The smallest absolute Gasteiger partial charge is 0.411 e. The number of carbonyl (C=O) groups excluding carboxylic acids is 2. The Kier molecular flexibility index (Phi) is 10.1. The Balaban J connectivity index is 1.88. The van der Waals surface area contributed by atoms with Gasteiger partial charge in [-0.25, -0.2) is 13.2 Å². The highest BCUT2D eigenvalue weighted by atomic mass is 32.2. The van der Waals surface area contributed by atoms with Crippen molar-refractivity contribution in [2.75, 3.05) is 55.9 Å². The van der Waals surface area contributed by atoms with E-state index in [9.17, 15) is 18.0 Å². The highest BCUT2D eigenvalue weighted by molar-refractivity contribution is 7.89.